The van der Waals surface area contributed by atoms with E-state index in [1.54, 1.807) is 49.9 Å². The Kier molecular flexibility index (Phi) is 8.58. The minimum Gasteiger partial charge on any atom is -0.445 e. The fraction of sp³-hybridized carbons (Fsp3) is 0.429. The lowest BCUT2D eigenvalue weighted by Crippen LogP contribution is -2.47. The summed E-state index contributed by atoms with van der Waals surface area (Å²) in [6.45, 7) is 5.38. The highest BCUT2D eigenvalue weighted by molar-refractivity contribution is 5.85. The van der Waals surface area contributed by atoms with Crippen molar-refractivity contribution in [2.24, 2.45) is 0 Å². The minimum atomic E-state index is -0.795. The lowest BCUT2D eigenvalue weighted by molar-refractivity contribution is -0.131. The van der Waals surface area contributed by atoms with Gasteiger partial charge in [0.25, 0.3) is 0 Å². The molecule has 4 amide bonds. The summed E-state index contributed by atoms with van der Waals surface area (Å²) in [4.78, 5) is 54.1. The Morgan fingerprint density at radius 1 is 0.923 bits per heavy atom. The molecule has 2 saturated heterocycles. The number of nitrogens with zero attached hydrogens (tertiary/aromatic N) is 2. The third-order valence-corrected chi connectivity index (χ3v) is 6.40. The highest BCUT2D eigenvalue weighted by Gasteiger charge is 2.54. The number of rotatable bonds is 6. The van der Waals surface area contributed by atoms with Crippen LogP contribution in [0.4, 0.5) is 20.1 Å². The third-order valence-electron chi connectivity index (χ3n) is 6.40. The van der Waals surface area contributed by atoms with Gasteiger partial charge in [0.2, 0.25) is 5.91 Å². The summed E-state index contributed by atoms with van der Waals surface area (Å²) in [6.07, 6.45) is -2.28. The first-order valence-electron chi connectivity index (χ1n) is 12.9. The Hall–Kier alpha value is -4.28. The van der Waals surface area contributed by atoms with Crippen molar-refractivity contribution in [3.8, 4) is 0 Å². The summed E-state index contributed by atoms with van der Waals surface area (Å²) < 4.78 is 16.5. The van der Waals surface area contributed by atoms with Gasteiger partial charge in [0, 0.05) is 12.2 Å². The van der Waals surface area contributed by atoms with Gasteiger partial charge in [0.05, 0.1) is 18.6 Å². The normalized spacial score (nSPS) is 20.1. The molecule has 3 atom stereocenters. The molecule has 2 aliphatic heterocycles. The van der Waals surface area contributed by atoms with Crippen molar-refractivity contribution in [2.75, 3.05) is 25.0 Å². The van der Waals surface area contributed by atoms with Crippen molar-refractivity contribution < 1.29 is 33.4 Å². The Labute approximate surface area is 227 Å². The van der Waals surface area contributed by atoms with Crippen LogP contribution in [0, 0.1) is 0 Å². The first kappa shape index (κ1) is 27.7. The average Bonchev–Trinajstić information content (AvgIpc) is 3.47. The molecule has 2 fully saturated rings. The van der Waals surface area contributed by atoms with Gasteiger partial charge in [-0.15, -0.1) is 0 Å². The molecule has 208 valence electrons. The number of hydrogen-bond acceptors (Lipinski definition) is 7. The topological polar surface area (TPSA) is 127 Å². The van der Waals surface area contributed by atoms with E-state index in [-0.39, 0.29) is 25.6 Å². The molecule has 11 nitrogen and oxygen atoms in total. The molecule has 0 aromatic heterocycles. The number of likely N-dealkylation sites (tertiary alicyclic amines) is 2. The Morgan fingerprint density at radius 3 is 2.26 bits per heavy atom. The Bertz CT molecular complexity index is 1170. The van der Waals surface area contributed by atoms with Gasteiger partial charge in [0.15, 0.2) is 0 Å². The van der Waals surface area contributed by atoms with Crippen LogP contribution in [0.15, 0.2) is 60.7 Å². The molecular weight excluding hydrogens is 504 g/mol. The maximum atomic E-state index is 13.1. The fourth-order valence-corrected chi connectivity index (χ4v) is 4.80. The van der Waals surface area contributed by atoms with Gasteiger partial charge in [0.1, 0.15) is 24.9 Å². The molecule has 2 N–H and O–H groups in total. The molecule has 0 bridgehead atoms. The van der Waals surface area contributed by atoms with Crippen LogP contribution in [0.3, 0.4) is 0 Å². The van der Waals surface area contributed by atoms with E-state index in [1.165, 1.54) is 4.90 Å². The van der Waals surface area contributed by atoms with Gasteiger partial charge in [-0.25, -0.2) is 14.4 Å². The number of para-hydroxylation sites is 1. The van der Waals surface area contributed by atoms with E-state index < -0.39 is 42.1 Å². The van der Waals surface area contributed by atoms with Crippen molar-refractivity contribution >= 4 is 29.9 Å². The van der Waals surface area contributed by atoms with Crippen molar-refractivity contribution in [2.45, 2.75) is 57.6 Å². The molecule has 0 radical (unpaired) electrons. The molecule has 2 aromatic carbocycles. The number of carbonyl (C=O) groups excluding carboxylic acids is 4. The number of alkyl carbamates (subject to hydrolysis) is 1. The predicted molar refractivity (Wildman–Crippen MR) is 142 cm³/mol. The van der Waals surface area contributed by atoms with Crippen LogP contribution in [-0.2, 0) is 25.6 Å². The lowest BCUT2D eigenvalue weighted by Gasteiger charge is -2.27. The summed E-state index contributed by atoms with van der Waals surface area (Å²) in [7, 11) is 0. The number of hydrogen-bond donors (Lipinski definition) is 2. The Balaban J connectivity index is 1.44. The zero-order chi connectivity index (χ0) is 28.0. The molecule has 0 aliphatic carbocycles. The van der Waals surface area contributed by atoms with Crippen LogP contribution >= 0.6 is 0 Å². The second-order valence-electron chi connectivity index (χ2n) is 10.4. The molecular formula is C28H34N4O7. The zero-order valence-electron chi connectivity index (χ0n) is 22.3. The second-order valence-corrected chi connectivity index (χ2v) is 10.4. The van der Waals surface area contributed by atoms with Gasteiger partial charge in [-0.1, -0.05) is 48.5 Å². The number of nitrogens with one attached hydrogen (secondary N) is 2. The fourth-order valence-electron chi connectivity index (χ4n) is 4.80. The van der Waals surface area contributed by atoms with Crippen molar-refractivity contribution in [3.63, 3.8) is 0 Å². The number of carbonyl (C=O) groups is 4. The van der Waals surface area contributed by atoms with Gasteiger partial charge in [-0.3, -0.25) is 15.0 Å². The second kappa shape index (κ2) is 12.1. The van der Waals surface area contributed by atoms with Crippen LogP contribution in [0.1, 0.15) is 32.8 Å². The van der Waals surface area contributed by atoms with E-state index >= 15 is 0 Å². The quantitative estimate of drug-likeness (QED) is 0.537. The van der Waals surface area contributed by atoms with E-state index in [1.807, 2.05) is 36.4 Å². The first-order chi connectivity index (χ1) is 18.6. The summed E-state index contributed by atoms with van der Waals surface area (Å²) in [6, 6.07) is 17.1. The Morgan fingerprint density at radius 2 is 1.59 bits per heavy atom. The molecule has 2 aliphatic rings. The number of anilines is 1. The molecule has 2 heterocycles. The van der Waals surface area contributed by atoms with Crippen LogP contribution < -0.4 is 10.6 Å². The third kappa shape index (κ3) is 7.40. The summed E-state index contributed by atoms with van der Waals surface area (Å²) >= 11 is 0. The zero-order valence-corrected chi connectivity index (χ0v) is 22.3. The maximum Gasteiger partial charge on any atom is 0.412 e. The van der Waals surface area contributed by atoms with Crippen molar-refractivity contribution in [1.29, 1.82) is 0 Å². The molecule has 39 heavy (non-hydrogen) atoms. The smallest absolute Gasteiger partial charge is 0.412 e. The van der Waals surface area contributed by atoms with Crippen LogP contribution in [0.25, 0.3) is 0 Å². The molecule has 4 rings (SSSR count). The molecule has 2 aromatic rings. The van der Waals surface area contributed by atoms with Gasteiger partial charge >= 0.3 is 18.3 Å². The van der Waals surface area contributed by atoms with E-state index in [0.717, 1.165) is 5.56 Å². The standard InChI is InChI=1S/C28H34N4O7/c1-28(2,3)39-25(34)29-16-23(33)32-17-22(38-26(35)30-20-12-8-5-9-13-20)24-21(32)14-15-31(24)27(36)37-18-19-10-6-4-7-11-19/h4-13,21-22,24H,14-18H2,1-3H3,(H,29,34)(H,30,35)/t21-,22+,24+/m1/s1. The highest BCUT2D eigenvalue weighted by Crippen LogP contribution is 2.34. The van der Waals surface area contributed by atoms with Gasteiger partial charge < -0.3 is 24.4 Å². The van der Waals surface area contributed by atoms with E-state index in [4.69, 9.17) is 14.2 Å². The monoisotopic (exact) mass is 538 g/mol. The lowest BCUT2D eigenvalue weighted by atomic mass is 10.1. The number of ether oxygens (including phenoxy) is 3. The average molecular weight is 539 g/mol. The number of fused-ring (bicyclic) bond motifs is 1. The van der Waals surface area contributed by atoms with Crippen molar-refractivity contribution in [1.82, 2.24) is 15.1 Å². The van der Waals surface area contributed by atoms with Crippen LogP contribution in [0.2, 0.25) is 0 Å². The van der Waals surface area contributed by atoms with Crippen LogP contribution in [-0.4, -0.2) is 77.4 Å². The van der Waals surface area contributed by atoms with Gasteiger partial charge in [-0.05, 0) is 44.9 Å². The molecule has 11 heteroatoms. The molecule has 0 unspecified atom stereocenters. The number of amides is 4. The SMILES string of the molecule is CC(C)(C)OC(=O)NCC(=O)N1C[C@H](OC(=O)Nc2ccccc2)[C@@H]2[C@H]1CCN2C(=O)OCc1ccccc1. The summed E-state index contributed by atoms with van der Waals surface area (Å²) in [5.41, 5.74) is 0.688. The molecule has 0 spiro atoms. The maximum absolute atomic E-state index is 13.1. The van der Waals surface area contributed by atoms with E-state index in [9.17, 15) is 19.2 Å². The number of benzene rings is 2. The highest BCUT2D eigenvalue weighted by atomic mass is 16.6. The van der Waals surface area contributed by atoms with E-state index in [0.29, 0.717) is 18.7 Å². The largest absolute Gasteiger partial charge is 0.445 e. The van der Waals surface area contributed by atoms with Crippen molar-refractivity contribution in [3.05, 3.63) is 66.2 Å². The van der Waals surface area contributed by atoms with E-state index in [2.05, 4.69) is 10.6 Å². The molecule has 0 saturated carbocycles. The van der Waals surface area contributed by atoms with Crippen LogP contribution in [0.5, 0.6) is 0 Å². The first-order valence-corrected chi connectivity index (χ1v) is 12.9. The predicted octanol–water partition coefficient (Wildman–Crippen LogP) is 3.75. The summed E-state index contributed by atoms with van der Waals surface area (Å²) in [5.74, 6) is -0.370. The minimum absolute atomic E-state index is 0.0643. The summed E-state index contributed by atoms with van der Waals surface area (Å²) in [5, 5.41) is 5.15. The van der Waals surface area contributed by atoms with Gasteiger partial charge in [-0.2, -0.15) is 0 Å².